The Balaban J connectivity index is 1.77. The van der Waals surface area contributed by atoms with Gasteiger partial charge in [0.2, 0.25) is 10.0 Å². The van der Waals surface area contributed by atoms with Crippen LogP contribution in [-0.4, -0.2) is 79.0 Å². The van der Waals surface area contributed by atoms with Gasteiger partial charge >= 0.3 is 6.09 Å². The van der Waals surface area contributed by atoms with Gasteiger partial charge in [-0.15, -0.1) is 0 Å². The van der Waals surface area contributed by atoms with Crippen LogP contribution in [0.3, 0.4) is 0 Å². The van der Waals surface area contributed by atoms with Gasteiger partial charge in [-0.3, -0.25) is 4.72 Å². The molecule has 1 fully saturated rings. The molecule has 1 saturated heterocycles. The van der Waals surface area contributed by atoms with Gasteiger partial charge in [-0.2, -0.15) is 0 Å². The Kier molecular flexibility index (Phi) is 7.50. The van der Waals surface area contributed by atoms with Crippen molar-refractivity contribution in [2.45, 2.75) is 16.7 Å². The first kappa shape index (κ1) is 24.8. The topological polar surface area (TPSA) is 116 Å². The molecule has 0 unspecified atom stereocenters. The van der Waals surface area contributed by atoms with E-state index in [4.69, 9.17) is 4.74 Å². The van der Waals surface area contributed by atoms with Crippen molar-refractivity contribution in [1.82, 2.24) is 9.21 Å². The fourth-order valence-corrected chi connectivity index (χ4v) is 5.36. The summed E-state index contributed by atoms with van der Waals surface area (Å²) in [6, 6.07) is 12.1. The van der Waals surface area contributed by atoms with Gasteiger partial charge in [-0.1, -0.05) is 12.1 Å². The number of nitrogens with one attached hydrogen (secondary N) is 1. The molecule has 1 heterocycles. The van der Waals surface area contributed by atoms with Gasteiger partial charge in [-0.25, -0.2) is 25.9 Å². The van der Waals surface area contributed by atoms with E-state index < -0.39 is 20.0 Å². The molecule has 0 atom stereocenters. The second-order valence-electron chi connectivity index (χ2n) is 7.55. The number of sulfonamides is 2. The van der Waals surface area contributed by atoms with Crippen LogP contribution in [0, 0.1) is 0 Å². The number of amides is 1. The van der Waals surface area contributed by atoms with Crippen molar-refractivity contribution in [1.29, 1.82) is 0 Å². The van der Waals surface area contributed by atoms with E-state index in [0.29, 0.717) is 44.2 Å². The van der Waals surface area contributed by atoms with Gasteiger partial charge in [0, 0.05) is 40.3 Å². The van der Waals surface area contributed by atoms with E-state index in [1.807, 2.05) is 17.0 Å². The molecule has 180 valence electrons. The van der Waals surface area contributed by atoms with Crippen LogP contribution in [0.15, 0.2) is 58.3 Å². The van der Waals surface area contributed by atoms with E-state index in [1.165, 1.54) is 38.4 Å². The van der Waals surface area contributed by atoms with Gasteiger partial charge in [-0.05, 0) is 43.3 Å². The van der Waals surface area contributed by atoms with Crippen LogP contribution < -0.4 is 9.62 Å². The molecule has 12 heteroatoms. The predicted octanol–water partition coefficient (Wildman–Crippen LogP) is 2.02. The number of carbonyl (C=O) groups excluding carboxylic acids is 1. The summed E-state index contributed by atoms with van der Waals surface area (Å²) in [7, 11) is -4.80. The van der Waals surface area contributed by atoms with Crippen LogP contribution in [-0.2, 0) is 24.8 Å². The number of para-hydroxylation sites is 2. The average molecular weight is 497 g/mol. The summed E-state index contributed by atoms with van der Waals surface area (Å²) in [6.07, 6.45) is -0.356. The minimum absolute atomic E-state index is 0.00585. The first-order valence-corrected chi connectivity index (χ1v) is 13.3. The molecule has 0 aliphatic carbocycles. The maximum absolute atomic E-state index is 13.0. The number of benzene rings is 2. The second-order valence-corrected chi connectivity index (χ2v) is 11.4. The quantitative estimate of drug-likeness (QED) is 0.623. The zero-order valence-electron chi connectivity index (χ0n) is 18.8. The number of carbonyl (C=O) groups is 1. The largest absolute Gasteiger partial charge is 0.450 e. The van der Waals surface area contributed by atoms with Crippen LogP contribution >= 0.6 is 0 Å². The Morgan fingerprint density at radius 3 is 2.09 bits per heavy atom. The fraction of sp³-hybridized carbons (Fsp3) is 0.381. The van der Waals surface area contributed by atoms with Gasteiger partial charge < -0.3 is 14.5 Å². The molecular weight excluding hydrogens is 468 g/mol. The van der Waals surface area contributed by atoms with Crippen molar-refractivity contribution in [2.75, 3.05) is 56.5 Å². The normalized spacial score (nSPS) is 14.9. The van der Waals surface area contributed by atoms with Crippen LogP contribution in [0.2, 0.25) is 0 Å². The SMILES string of the molecule is CCOC(=O)N1CCN(c2ccccc2NS(=O)(=O)c2ccc(S(=O)(=O)N(C)C)cc2)CC1. The molecule has 1 N–H and O–H groups in total. The van der Waals surface area contributed by atoms with Gasteiger partial charge in [0.1, 0.15) is 0 Å². The molecule has 0 spiro atoms. The fourth-order valence-electron chi connectivity index (χ4n) is 3.39. The third-order valence-corrected chi connectivity index (χ3v) is 8.42. The number of ether oxygens (including phenoxy) is 1. The highest BCUT2D eigenvalue weighted by Gasteiger charge is 2.25. The van der Waals surface area contributed by atoms with Crippen molar-refractivity contribution in [3.63, 3.8) is 0 Å². The van der Waals surface area contributed by atoms with E-state index in [2.05, 4.69) is 4.72 Å². The average Bonchev–Trinajstić information content (AvgIpc) is 2.79. The molecule has 33 heavy (non-hydrogen) atoms. The molecule has 0 aromatic heterocycles. The minimum Gasteiger partial charge on any atom is -0.450 e. The van der Waals surface area contributed by atoms with Gasteiger partial charge in [0.25, 0.3) is 10.0 Å². The molecule has 1 aliphatic rings. The zero-order valence-corrected chi connectivity index (χ0v) is 20.4. The lowest BCUT2D eigenvalue weighted by Gasteiger charge is -2.36. The molecule has 10 nitrogen and oxygen atoms in total. The summed E-state index contributed by atoms with van der Waals surface area (Å²) < 4.78 is 59.1. The highest BCUT2D eigenvalue weighted by Crippen LogP contribution is 2.29. The number of nitrogens with zero attached hydrogens (tertiary/aromatic N) is 3. The third-order valence-electron chi connectivity index (χ3n) is 5.21. The lowest BCUT2D eigenvalue weighted by molar-refractivity contribution is 0.105. The Morgan fingerprint density at radius 2 is 1.52 bits per heavy atom. The summed E-state index contributed by atoms with van der Waals surface area (Å²) in [5, 5.41) is 0. The van der Waals surface area contributed by atoms with E-state index in [-0.39, 0.29) is 15.9 Å². The number of rotatable bonds is 7. The van der Waals surface area contributed by atoms with Crippen LogP contribution in [0.25, 0.3) is 0 Å². The molecule has 0 bridgehead atoms. The number of anilines is 2. The van der Waals surface area contributed by atoms with Crippen LogP contribution in [0.5, 0.6) is 0 Å². The van der Waals surface area contributed by atoms with Crippen LogP contribution in [0.4, 0.5) is 16.2 Å². The highest BCUT2D eigenvalue weighted by atomic mass is 32.2. The molecule has 3 rings (SSSR count). The third kappa shape index (κ3) is 5.57. The lowest BCUT2D eigenvalue weighted by atomic mass is 10.2. The molecule has 0 radical (unpaired) electrons. The van der Waals surface area contributed by atoms with Crippen molar-refractivity contribution < 1.29 is 26.4 Å². The maximum atomic E-state index is 13.0. The van der Waals surface area contributed by atoms with Crippen molar-refractivity contribution in [3.05, 3.63) is 48.5 Å². The molecule has 0 saturated carbocycles. The van der Waals surface area contributed by atoms with Gasteiger partial charge in [0.05, 0.1) is 27.8 Å². The Hall–Kier alpha value is -2.83. The molecule has 2 aromatic rings. The number of hydrogen-bond donors (Lipinski definition) is 1. The Bertz CT molecular complexity index is 1190. The van der Waals surface area contributed by atoms with Crippen molar-refractivity contribution in [2.24, 2.45) is 0 Å². The maximum Gasteiger partial charge on any atom is 0.409 e. The van der Waals surface area contributed by atoms with Gasteiger partial charge in [0.15, 0.2) is 0 Å². The Morgan fingerprint density at radius 1 is 0.939 bits per heavy atom. The van der Waals surface area contributed by atoms with E-state index in [1.54, 1.807) is 24.0 Å². The minimum atomic E-state index is -3.96. The summed E-state index contributed by atoms with van der Waals surface area (Å²) in [5.74, 6) is 0. The monoisotopic (exact) mass is 496 g/mol. The summed E-state index contributed by atoms with van der Waals surface area (Å²) >= 11 is 0. The standard InChI is InChI=1S/C21H28N4O6S2/c1-4-31-21(26)25-15-13-24(14-16-25)20-8-6-5-7-19(20)22-32(27,28)17-9-11-18(12-10-17)33(29,30)23(2)3/h5-12,22H,4,13-16H2,1-3H3. The zero-order chi connectivity index (χ0) is 24.2. The van der Waals surface area contributed by atoms with E-state index >= 15 is 0 Å². The molecule has 1 amide bonds. The van der Waals surface area contributed by atoms with E-state index in [0.717, 1.165) is 4.31 Å². The summed E-state index contributed by atoms with van der Waals surface area (Å²) in [6.45, 7) is 4.03. The summed E-state index contributed by atoms with van der Waals surface area (Å²) in [5.41, 5.74) is 1.09. The molecule has 2 aromatic carbocycles. The molecule has 1 aliphatic heterocycles. The summed E-state index contributed by atoms with van der Waals surface area (Å²) in [4.78, 5) is 15.5. The number of piperazine rings is 1. The highest BCUT2D eigenvalue weighted by molar-refractivity contribution is 7.92. The first-order valence-electron chi connectivity index (χ1n) is 10.4. The Labute approximate surface area is 194 Å². The molecular formula is C21H28N4O6S2. The number of hydrogen-bond acceptors (Lipinski definition) is 7. The van der Waals surface area contributed by atoms with Crippen LogP contribution in [0.1, 0.15) is 6.92 Å². The second kappa shape index (κ2) is 9.98. The van der Waals surface area contributed by atoms with E-state index in [9.17, 15) is 21.6 Å². The lowest BCUT2D eigenvalue weighted by Crippen LogP contribution is -2.49. The predicted molar refractivity (Wildman–Crippen MR) is 125 cm³/mol. The van der Waals surface area contributed by atoms with Crippen molar-refractivity contribution >= 4 is 37.5 Å². The smallest absolute Gasteiger partial charge is 0.409 e. The first-order chi connectivity index (χ1) is 15.6. The van der Waals surface area contributed by atoms with Crippen molar-refractivity contribution in [3.8, 4) is 0 Å².